The number of aromatic carboxylic acids is 2. The van der Waals surface area contributed by atoms with Crippen molar-refractivity contribution < 1.29 is 29.4 Å². The molecule has 0 heterocycles. The van der Waals surface area contributed by atoms with Crippen LogP contribution in [0.15, 0.2) is 71.6 Å². The Kier molecular flexibility index (Phi) is 7.70. The average Bonchev–Trinajstić information content (AvgIpc) is 2.79. The molecule has 2 amide bonds. The maximum absolute atomic E-state index is 12.5. The van der Waals surface area contributed by atoms with Gasteiger partial charge in [0.2, 0.25) is 5.91 Å². The second-order valence-electron chi connectivity index (χ2n) is 6.67. The van der Waals surface area contributed by atoms with Gasteiger partial charge in [-0.15, -0.1) is 11.8 Å². The van der Waals surface area contributed by atoms with Gasteiger partial charge in [0.1, 0.15) is 0 Å². The minimum absolute atomic E-state index is 0.00438. The lowest BCUT2D eigenvalue weighted by Gasteiger charge is -2.10. The zero-order valence-corrected chi connectivity index (χ0v) is 18.4. The predicted octanol–water partition coefficient (Wildman–Crippen LogP) is 4.72. The lowest BCUT2D eigenvalue weighted by Crippen LogP contribution is -2.16. The molecule has 3 aromatic carbocycles. The van der Waals surface area contributed by atoms with Crippen LogP contribution in [0.25, 0.3) is 0 Å². The van der Waals surface area contributed by atoms with Crippen molar-refractivity contribution in [3.63, 3.8) is 0 Å². The number of anilines is 2. The van der Waals surface area contributed by atoms with Crippen LogP contribution >= 0.6 is 23.4 Å². The van der Waals surface area contributed by atoms with E-state index in [0.29, 0.717) is 10.6 Å². The Morgan fingerprint density at radius 3 is 2.24 bits per heavy atom. The highest BCUT2D eigenvalue weighted by Gasteiger charge is 2.16. The van der Waals surface area contributed by atoms with Gasteiger partial charge in [0.05, 0.1) is 33.2 Å². The van der Waals surface area contributed by atoms with Crippen LogP contribution in [0.4, 0.5) is 11.4 Å². The van der Waals surface area contributed by atoms with Gasteiger partial charge in [-0.05, 0) is 48.5 Å². The van der Waals surface area contributed by atoms with Gasteiger partial charge in [-0.2, -0.15) is 0 Å². The lowest BCUT2D eigenvalue weighted by molar-refractivity contribution is -0.113. The van der Waals surface area contributed by atoms with Gasteiger partial charge in [0.25, 0.3) is 5.91 Å². The molecule has 10 heteroatoms. The number of amides is 2. The van der Waals surface area contributed by atoms with E-state index < -0.39 is 23.8 Å². The van der Waals surface area contributed by atoms with E-state index in [0.717, 1.165) is 0 Å². The molecule has 3 rings (SSSR count). The maximum atomic E-state index is 12.5. The minimum Gasteiger partial charge on any atom is -0.478 e. The molecule has 0 aliphatic heterocycles. The summed E-state index contributed by atoms with van der Waals surface area (Å²) in [5.74, 6) is -3.30. The molecule has 0 bridgehead atoms. The van der Waals surface area contributed by atoms with Crippen LogP contribution in [-0.2, 0) is 4.79 Å². The summed E-state index contributed by atoms with van der Waals surface area (Å²) in [7, 11) is 0. The molecule has 0 spiro atoms. The van der Waals surface area contributed by atoms with Crippen molar-refractivity contribution in [3.8, 4) is 0 Å². The summed E-state index contributed by atoms with van der Waals surface area (Å²) < 4.78 is 0. The normalized spacial score (nSPS) is 10.3. The Morgan fingerprint density at radius 1 is 0.818 bits per heavy atom. The standard InChI is InChI=1S/C23H17ClN2O6S/c24-18-9-8-13(22(29)30)10-19(18)26-20(27)12-33-15-5-3-4-14(11-15)25-21(28)16-6-1-2-7-17(16)23(31)32/h1-11H,12H2,(H,25,28)(H,26,27)(H,29,30)(H,31,32). The molecule has 0 saturated carbocycles. The van der Waals surface area contributed by atoms with Gasteiger partial charge in [0.15, 0.2) is 0 Å². The Labute approximate surface area is 197 Å². The Balaban J connectivity index is 1.63. The lowest BCUT2D eigenvalue weighted by atomic mass is 10.1. The zero-order valence-electron chi connectivity index (χ0n) is 16.9. The van der Waals surface area contributed by atoms with E-state index in [1.807, 2.05) is 0 Å². The smallest absolute Gasteiger partial charge is 0.336 e. The highest BCUT2D eigenvalue weighted by atomic mass is 35.5. The predicted molar refractivity (Wildman–Crippen MR) is 126 cm³/mol. The van der Waals surface area contributed by atoms with E-state index in [9.17, 15) is 24.3 Å². The fourth-order valence-corrected chi connectivity index (χ4v) is 3.74. The molecule has 0 aliphatic rings. The van der Waals surface area contributed by atoms with Gasteiger partial charge in [-0.1, -0.05) is 29.8 Å². The molecule has 0 saturated heterocycles. The van der Waals surface area contributed by atoms with E-state index >= 15 is 0 Å². The van der Waals surface area contributed by atoms with Crippen LogP contribution < -0.4 is 10.6 Å². The van der Waals surface area contributed by atoms with Gasteiger partial charge in [-0.25, -0.2) is 9.59 Å². The summed E-state index contributed by atoms with van der Waals surface area (Å²) in [5, 5.41) is 23.8. The van der Waals surface area contributed by atoms with Gasteiger partial charge >= 0.3 is 11.9 Å². The quantitative estimate of drug-likeness (QED) is 0.340. The van der Waals surface area contributed by atoms with Crippen molar-refractivity contribution in [1.82, 2.24) is 0 Å². The van der Waals surface area contributed by atoms with Crippen LogP contribution in [0.1, 0.15) is 31.1 Å². The maximum Gasteiger partial charge on any atom is 0.336 e. The highest BCUT2D eigenvalue weighted by Crippen LogP contribution is 2.25. The van der Waals surface area contributed by atoms with Crippen molar-refractivity contribution in [2.45, 2.75) is 4.90 Å². The number of carbonyl (C=O) groups is 4. The summed E-state index contributed by atoms with van der Waals surface area (Å²) >= 11 is 7.21. The second-order valence-corrected chi connectivity index (χ2v) is 8.13. The summed E-state index contributed by atoms with van der Waals surface area (Å²) in [4.78, 5) is 47.9. The number of hydrogen-bond acceptors (Lipinski definition) is 5. The van der Waals surface area contributed by atoms with E-state index in [1.54, 1.807) is 30.3 Å². The molecule has 0 aliphatic carbocycles. The molecule has 0 unspecified atom stereocenters. The van der Waals surface area contributed by atoms with Crippen LogP contribution in [0.5, 0.6) is 0 Å². The first kappa shape index (κ1) is 23.8. The van der Waals surface area contributed by atoms with Crippen molar-refractivity contribution >= 4 is 58.5 Å². The van der Waals surface area contributed by atoms with E-state index in [4.69, 9.17) is 16.7 Å². The number of thioether (sulfide) groups is 1. The van der Waals surface area contributed by atoms with E-state index in [2.05, 4.69) is 10.6 Å². The monoisotopic (exact) mass is 484 g/mol. The summed E-state index contributed by atoms with van der Waals surface area (Å²) in [6.07, 6.45) is 0. The topological polar surface area (TPSA) is 133 Å². The molecule has 0 fully saturated rings. The molecule has 4 N–H and O–H groups in total. The number of carboxylic acid groups (broad SMARTS) is 2. The van der Waals surface area contributed by atoms with Crippen molar-refractivity contribution in [1.29, 1.82) is 0 Å². The molecule has 0 atom stereocenters. The third-order valence-corrected chi connectivity index (χ3v) is 5.67. The number of carbonyl (C=O) groups excluding carboxylic acids is 2. The van der Waals surface area contributed by atoms with E-state index in [1.165, 1.54) is 48.2 Å². The summed E-state index contributed by atoms with van der Waals surface area (Å²) in [6.45, 7) is 0. The average molecular weight is 485 g/mol. The number of carboxylic acids is 2. The molecule has 8 nitrogen and oxygen atoms in total. The van der Waals surface area contributed by atoms with Gasteiger partial charge < -0.3 is 20.8 Å². The van der Waals surface area contributed by atoms with Crippen molar-refractivity contribution in [2.75, 3.05) is 16.4 Å². The first-order valence-corrected chi connectivity index (χ1v) is 10.8. The van der Waals surface area contributed by atoms with Gasteiger partial charge in [-0.3, -0.25) is 9.59 Å². The fraction of sp³-hybridized carbons (Fsp3) is 0.0435. The molecule has 0 aromatic heterocycles. The minimum atomic E-state index is -1.20. The van der Waals surface area contributed by atoms with E-state index in [-0.39, 0.29) is 33.2 Å². The van der Waals surface area contributed by atoms with Crippen LogP contribution in [-0.4, -0.2) is 39.7 Å². The fourth-order valence-electron chi connectivity index (χ4n) is 2.82. The Hall–Kier alpha value is -3.82. The first-order valence-electron chi connectivity index (χ1n) is 9.44. The number of rotatable bonds is 8. The number of nitrogens with one attached hydrogen (secondary N) is 2. The third-order valence-electron chi connectivity index (χ3n) is 4.35. The SMILES string of the molecule is O=C(CSc1cccc(NC(=O)c2ccccc2C(=O)O)c1)Nc1cc(C(=O)O)ccc1Cl. The number of halogens is 1. The van der Waals surface area contributed by atoms with Crippen LogP contribution in [0.3, 0.4) is 0 Å². The molecule has 0 radical (unpaired) electrons. The second kappa shape index (κ2) is 10.7. The summed E-state index contributed by atoms with van der Waals surface area (Å²) in [5.41, 5.74) is 0.545. The van der Waals surface area contributed by atoms with Gasteiger partial charge in [0, 0.05) is 10.6 Å². The largest absolute Gasteiger partial charge is 0.478 e. The zero-order chi connectivity index (χ0) is 24.0. The molecule has 33 heavy (non-hydrogen) atoms. The molecule has 3 aromatic rings. The molecule has 168 valence electrons. The number of benzene rings is 3. The highest BCUT2D eigenvalue weighted by molar-refractivity contribution is 8.00. The Bertz CT molecular complexity index is 1250. The first-order chi connectivity index (χ1) is 15.7. The summed E-state index contributed by atoms with van der Waals surface area (Å²) in [6, 6.07) is 16.6. The number of hydrogen-bond donors (Lipinski definition) is 4. The molecular formula is C23H17ClN2O6S. The van der Waals surface area contributed by atoms with Crippen molar-refractivity contribution in [3.05, 3.63) is 88.4 Å². The van der Waals surface area contributed by atoms with Crippen LogP contribution in [0, 0.1) is 0 Å². The van der Waals surface area contributed by atoms with Crippen LogP contribution in [0.2, 0.25) is 5.02 Å². The Morgan fingerprint density at radius 2 is 1.55 bits per heavy atom. The van der Waals surface area contributed by atoms with Crippen molar-refractivity contribution in [2.24, 2.45) is 0 Å². The molecular weight excluding hydrogens is 468 g/mol. The third kappa shape index (κ3) is 6.34.